The summed E-state index contributed by atoms with van der Waals surface area (Å²) in [6.45, 7) is 6.46. The van der Waals surface area contributed by atoms with E-state index in [0.29, 0.717) is 17.5 Å². The summed E-state index contributed by atoms with van der Waals surface area (Å²) < 4.78 is 25.4. The van der Waals surface area contributed by atoms with Crippen molar-refractivity contribution >= 4 is 39.1 Å². The highest BCUT2D eigenvalue weighted by Crippen LogP contribution is 2.24. The van der Waals surface area contributed by atoms with Gasteiger partial charge in [-0.25, -0.2) is 13.4 Å². The maximum atomic E-state index is 12.7. The molecule has 0 aliphatic carbocycles. The molecule has 0 saturated heterocycles. The molecule has 0 atom stereocenters. The zero-order valence-corrected chi connectivity index (χ0v) is 18.2. The maximum Gasteiger partial charge on any atom is 0.270 e. The topological polar surface area (TPSA) is 109 Å². The van der Waals surface area contributed by atoms with E-state index in [1.54, 1.807) is 13.0 Å². The predicted octanol–water partition coefficient (Wildman–Crippen LogP) is 2.82. The first kappa shape index (κ1) is 22.4. The van der Waals surface area contributed by atoms with Crippen molar-refractivity contribution in [3.8, 4) is 0 Å². The highest BCUT2D eigenvalue weighted by Gasteiger charge is 2.23. The smallest absolute Gasteiger partial charge is 0.270 e. The van der Waals surface area contributed by atoms with Gasteiger partial charge in [0.05, 0.1) is 16.8 Å². The minimum absolute atomic E-state index is 0.0701. The molecule has 1 aromatic carbocycles. The van der Waals surface area contributed by atoms with Crippen LogP contribution in [0.3, 0.4) is 0 Å². The molecule has 1 aromatic heterocycles. The van der Waals surface area contributed by atoms with Gasteiger partial charge >= 0.3 is 0 Å². The van der Waals surface area contributed by atoms with Crippen LogP contribution in [0.4, 0.5) is 0 Å². The van der Waals surface area contributed by atoms with Crippen LogP contribution < -0.4 is 10.9 Å². The van der Waals surface area contributed by atoms with E-state index < -0.39 is 20.3 Å². The van der Waals surface area contributed by atoms with E-state index in [0.717, 1.165) is 29.9 Å². The van der Waals surface area contributed by atoms with Crippen molar-refractivity contribution in [3.63, 3.8) is 0 Å². The Kier molecular flexibility index (Phi) is 7.68. The van der Waals surface area contributed by atoms with Gasteiger partial charge < -0.3 is 10.3 Å². The number of rotatable bonds is 8. The molecule has 2 rings (SSSR count). The van der Waals surface area contributed by atoms with Crippen LogP contribution in [0.1, 0.15) is 25.8 Å². The summed E-state index contributed by atoms with van der Waals surface area (Å²) in [7, 11) is -4.06. The van der Waals surface area contributed by atoms with Gasteiger partial charge in [-0.1, -0.05) is 43.3 Å². The fraction of sp³-hybridized carbons (Fsp3) is 0.389. The molecule has 0 bridgehead atoms. The van der Waals surface area contributed by atoms with Gasteiger partial charge in [-0.2, -0.15) is 0 Å². The largest absolute Gasteiger partial charge is 0.355 e. The number of amides is 1. The standard InChI is InChI=1S/C18H22ClN3O4S2/c1-11(2)6-7-20-16(23)10-27-18-21-9-15(17(24)22-18)28(25,26)13-5-4-12(3)14(19)8-13/h4-5,8-9,11H,6-7,10H2,1-3H3,(H,20,23)(H,21,22,24). The van der Waals surface area contributed by atoms with Gasteiger partial charge in [-0.15, -0.1) is 0 Å². The predicted molar refractivity (Wildman–Crippen MR) is 110 cm³/mol. The van der Waals surface area contributed by atoms with E-state index in [1.165, 1.54) is 12.1 Å². The number of H-pyrrole nitrogens is 1. The first-order valence-corrected chi connectivity index (χ1v) is 11.5. The minimum atomic E-state index is -4.06. The number of carbonyl (C=O) groups excluding carboxylic acids is 1. The molecule has 0 radical (unpaired) electrons. The van der Waals surface area contributed by atoms with Gasteiger partial charge in [0.25, 0.3) is 5.56 Å². The van der Waals surface area contributed by atoms with Gasteiger partial charge in [0.15, 0.2) is 10.1 Å². The third kappa shape index (κ3) is 5.83. The Bertz CT molecular complexity index is 1020. The van der Waals surface area contributed by atoms with E-state index in [2.05, 4.69) is 29.1 Å². The Balaban J connectivity index is 2.10. The SMILES string of the molecule is Cc1ccc(S(=O)(=O)c2cnc(SCC(=O)NCCC(C)C)[nH]c2=O)cc1Cl. The second kappa shape index (κ2) is 9.58. The Morgan fingerprint density at radius 2 is 2.07 bits per heavy atom. The lowest BCUT2D eigenvalue weighted by molar-refractivity contribution is -0.118. The number of aromatic nitrogens is 2. The summed E-state index contributed by atoms with van der Waals surface area (Å²) in [6, 6.07) is 4.26. The molecule has 0 aliphatic rings. The Labute approximate surface area is 173 Å². The van der Waals surface area contributed by atoms with Crippen molar-refractivity contribution in [1.29, 1.82) is 0 Å². The average molecular weight is 444 g/mol. The lowest BCUT2D eigenvalue weighted by atomic mass is 10.1. The molecule has 7 nitrogen and oxygen atoms in total. The van der Waals surface area contributed by atoms with E-state index in [1.807, 2.05) is 0 Å². The van der Waals surface area contributed by atoms with E-state index >= 15 is 0 Å². The normalized spacial score (nSPS) is 11.6. The average Bonchev–Trinajstić information content (AvgIpc) is 2.61. The number of nitrogens with one attached hydrogen (secondary N) is 2. The van der Waals surface area contributed by atoms with E-state index in [-0.39, 0.29) is 21.7 Å². The number of halogens is 1. The number of benzene rings is 1. The number of aryl methyl sites for hydroxylation is 1. The molecule has 1 amide bonds. The fourth-order valence-electron chi connectivity index (χ4n) is 2.18. The van der Waals surface area contributed by atoms with Gasteiger partial charge in [0, 0.05) is 11.6 Å². The molecule has 0 aliphatic heterocycles. The van der Waals surface area contributed by atoms with Gasteiger partial charge in [0.1, 0.15) is 0 Å². The molecule has 0 saturated carbocycles. The second-order valence-electron chi connectivity index (χ2n) is 6.62. The number of aromatic amines is 1. The van der Waals surface area contributed by atoms with Crippen LogP contribution in [-0.4, -0.2) is 36.6 Å². The molecular weight excluding hydrogens is 422 g/mol. The van der Waals surface area contributed by atoms with Crippen molar-refractivity contribution in [3.05, 3.63) is 45.3 Å². The van der Waals surface area contributed by atoms with Crippen LogP contribution in [0.25, 0.3) is 0 Å². The zero-order valence-electron chi connectivity index (χ0n) is 15.8. The third-order valence-corrected chi connectivity index (χ3v) is 6.91. The molecular formula is C18H22ClN3O4S2. The van der Waals surface area contributed by atoms with E-state index in [9.17, 15) is 18.0 Å². The summed E-state index contributed by atoms with van der Waals surface area (Å²) in [5.41, 5.74) is -0.0690. The summed E-state index contributed by atoms with van der Waals surface area (Å²) in [5, 5.41) is 3.24. The lowest BCUT2D eigenvalue weighted by Gasteiger charge is -2.08. The zero-order chi connectivity index (χ0) is 20.9. The summed E-state index contributed by atoms with van der Waals surface area (Å²) >= 11 is 7.02. The number of thioether (sulfide) groups is 1. The number of hydrogen-bond acceptors (Lipinski definition) is 6. The molecule has 0 fully saturated rings. The summed E-state index contributed by atoms with van der Waals surface area (Å²) in [6.07, 6.45) is 1.88. The molecule has 28 heavy (non-hydrogen) atoms. The second-order valence-corrected chi connectivity index (χ2v) is 9.91. The van der Waals surface area contributed by atoms with Crippen molar-refractivity contribution < 1.29 is 13.2 Å². The monoisotopic (exact) mass is 443 g/mol. The van der Waals surface area contributed by atoms with Crippen LogP contribution in [0.15, 0.2) is 44.1 Å². The number of hydrogen-bond donors (Lipinski definition) is 2. The molecule has 0 unspecified atom stereocenters. The third-order valence-electron chi connectivity index (χ3n) is 3.87. The molecule has 10 heteroatoms. The number of carbonyl (C=O) groups is 1. The van der Waals surface area contributed by atoms with Crippen LogP contribution in [0.2, 0.25) is 5.02 Å². The molecule has 1 heterocycles. The summed E-state index contributed by atoms with van der Waals surface area (Å²) in [4.78, 5) is 29.9. The highest BCUT2D eigenvalue weighted by atomic mass is 35.5. The fourth-order valence-corrected chi connectivity index (χ4v) is 4.35. The van der Waals surface area contributed by atoms with Crippen molar-refractivity contribution in [2.75, 3.05) is 12.3 Å². The van der Waals surface area contributed by atoms with Crippen molar-refractivity contribution in [2.45, 2.75) is 42.1 Å². The molecule has 0 spiro atoms. The minimum Gasteiger partial charge on any atom is -0.355 e. The first-order chi connectivity index (χ1) is 13.1. The van der Waals surface area contributed by atoms with Crippen molar-refractivity contribution in [2.24, 2.45) is 5.92 Å². The Morgan fingerprint density at radius 3 is 2.68 bits per heavy atom. The highest BCUT2D eigenvalue weighted by molar-refractivity contribution is 7.99. The van der Waals surface area contributed by atoms with Gasteiger partial charge in [-0.05, 0) is 37.0 Å². The Morgan fingerprint density at radius 1 is 1.36 bits per heavy atom. The summed E-state index contributed by atoms with van der Waals surface area (Å²) in [5.74, 6) is 0.379. The van der Waals surface area contributed by atoms with Crippen LogP contribution in [0, 0.1) is 12.8 Å². The Hall–Kier alpha value is -1.84. The first-order valence-electron chi connectivity index (χ1n) is 8.61. The number of sulfone groups is 1. The lowest BCUT2D eigenvalue weighted by Crippen LogP contribution is -2.27. The van der Waals surface area contributed by atoms with Crippen LogP contribution >= 0.6 is 23.4 Å². The van der Waals surface area contributed by atoms with E-state index in [4.69, 9.17) is 11.6 Å². The maximum absolute atomic E-state index is 12.7. The van der Waals surface area contributed by atoms with Gasteiger partial charge in [0.2, 0.25) is 15.7 Å². The van der Waals surface area contributed by atoms with Crippen molar-refractivity contribution in [1.82, 2.24) is 15.3 Å². The number of nitrogens with zero attached hydrogens (tertiary/aromatic N) is 1. The molecule has 152 valence electrons. The van der Waals surface area contributed by atoms with Crippen LogP contribution in [-0.2, 0) is 14.6 Å². The molecule has 2 N–H and O–H groups in total. The molecule has 2 aromatic rings. The van der Waals surface area contributed by atoms with Crippen LogP contribution in [0.5, 0.6) is 0 Å². The quantitative estimate of drug-likeness (QED) is 0.479. The van der Waals surface area contributed by atoms with Gasteiger partial charge in [-0.3, -0.25) is 9.59 Å².